The van der Waals surface area contributed by atoms with Crippen LogP contribution in [0.4, 0.5) is 4.39 Å². The van der Waals surface area contributed by atoms with E-state index in [4.69, 9.17) is 5.73 Å². The van der Waals surface area contributed by atoms with E-state index in [0.29, 0.717) is 12.3 Å². The van der Waals surface area contributed by atoms with Crippen LogP contribution in [0.1, 0.15) is 20.3 Å². The molecule has 1 unspecified atom stereocenters. The third-order valence-corrected chi connectivity index (χ3v) is 0.908. The molecule has 0 rings (SSSR count). The minimum absolute atomic E-state index is 0.194. The molecule has 0 bridgehead atoms. The third kappa shape index (κ3) is 5.27. The lowest BCUT2D eigenvalue weighted by atomic mass is 10.4. The van der Waals surface area contributed by atoms with E-state index in [1.54, 1.807) is 0 Å². The van der Waals surface area contributed by atoms with Crippen molar-refractivity contribution in [2.24, 2.45) is 10.7 Å². The van der Waals surface area contributed by atoms with Crippen molar-refractivity contribution in [3.63, 3.8) is 0 Å². The van der Waals surface area contributed by atoms with Gasteiger partial charge in [0.25, 0.3) is 0 Å². The molecule has 0 spiro atoms. The summed E-state index contributed by atoms with van der Waals surface area (Å²) in [5, 5.41) is 0. The summed E-state index contributed by atoms with van der Waals surface area (Å²) in [7, 11) is 0. The van der Waals surface area contributed by atoms with Crippen molar-refractivity contribution in [1.29, 1.82) is 0 Å². The molecule has 0 saturated heterocycles. The number of hydrogen-bond acceptors (Lipinski definition) is 1. The minimum Gasteiger partial charge on any atom is -0.387 e. The Balaban J connectivity index is 3.43. The fraction of sp³-hybridized carbons (Fsp3) is 0.833. The average molecular weight is 132 g/mol. The van der Waals surface area contributed by atoms with Gasteiger partial charge in [-0.25, -0.2) is 4.39 Å². The lowest BCUT2D eigenvalue weighted by Gasteiger charge is -1.96. The Hall–Kier alpha value is -0.600. The number of nitrogens with two attached hydrogens (primary N) is 1. The lowest BCUT2D eigenvalue weighted by molar-refractivity contribution is 0.371. The maximum atomic E-state index is 12.0. The SMILES string of the molecule is CCC(N)=NCC(C)F. The monoisotopic (exact) mass is 132 g/mol. The molecule has 54 valence electrons. The maximum absolute atomic E-state index is 12.0. The first-order valence-electron chi connectivity index (χ1n) is 3.09. The van der Waals surface area contributed by atoms with Crippen molar-refractivity contribution < 1.29 is 4.39 Å². The summed E-state index contributed by atoms with van der Waals surface area (Å²) in [5.41, 5.74) is 5.30. The molecule has 0 aromatic rings. The Bertz CT molecular complexity index is 99.2. The molecule has 0 aliphatic heterocycles. The fourth-order valence-electron chi connectivity index (χ4n) is 0.355. The summed E-state index contributed by atoms with van der Waals surface area (Å²) in [6, 6.07) is 0. The van der Waals surface area contributed by atoms with Gasteiger partial charge in [0.15, 0.2) is 0 Å². The number of aliphatic imine (C=N–C) groups is 1. The van der Waals surface area contributed by atoms with Gasteiger partial charge in [-0.2, -0.15) is 0 Å². The van der Waals surface area contributed by atoms with Crippen LogP contribution in [0.15, 0.2) is 4.99 Å². The van der Waals surface area contributed by atoms with E-state index in [1.165, 1.54) is 6.92 Å². The molecular formula is C6H13FN2. The zero-order valence-electron chi connectivity index (χ0n) is 5.89. The first-order chi connectivity index (χ1) is 4.16. The molecule has 0 amide bonds. The topological polar surface area (TPSA) is 38.4 Å². The van der Waals surface area contributed by atoms with Gasteiger partial charge in [0.05, 0.1) is 12.4 Å². The molecule has 2 nitrogen and oxygen atoms in total. The largest absolute Gasteiger partial charge is 0.387 e. The molecular weight excluding hydrogens is 119 g/mol. The highest BCUT2D eigenvalue weighted by Crippen LogP contribution is 1.88. The third-order valence-electron chi connectivity index (χ3n) is 0.908. The van der Waals surface area contributed by atoms with Crippen molar-refractivity contribution in [3.05, 3.63) is 0 Å². The van der Waals surface area contributed by atoms with Crippen molar-refractivity contribution in [3.8, 4) is 0 Å². The van der Waals surface area contributed by atoms with Crippen molar-refractivity contribution in [1.82, 2.24) is 0 Å². The minimum atomic E-state index is -0.880. The first kappa shape index (κ1) is 8.40. The molecule has 0 aliphatic carbocycles. The Morgan fingerprint density at radius 2 is 2.33 bits per heavy atom. The number of halogens is 1. The van der Waals surface area contributed by atoms with Crippen molar-refractivity contribution in [2.75, 3.05) is 6.54 Å². The van der Waals surface area contributed by atoms with Crippen LogP contribution in [-0.2, 0) is 0 Å². The molecule has 0 radical (unpaired) electrons. The summed E-state index contributed by atoms with van der Waals surface area (Å²) in [5.74, 6) is 0.527. The zero-order valence-corrected chi connectivity index (χ0v) is 5.89. The smallest absolute Gasteiger partial charge is 0.117 e. The van der Waals surface area contributed by atoms with Crippen LogP contribution in [0.2, 0.25) is 0 Å². The van der Waals surface area contributed by atoms with Gasteiger partial charge in [0, 0.05) is 6.42 Å². The highest BCUT2D eigenvalue weighted by Gasteiger charge is 1.93. The van der Waals surface area contributed by atoms with Crippen molar-refractivity contribution >= 4 is 5.84 Å². The van der Waals surface area contributed by atoms with E-state index in [2.05, 4.69) is 4.99 Å². The molecule has 0 heterocycles. The number of amidine groups is 1. The summed E-state index contributed by atoms with van der Waals surface area (Å²) in [6.07, 6.45) is -0.178. The standard InChI is InChI=1S/C6H13FN2/c1-3-6(8)9-4-5(2)7/h5H,3-4H2,1-2H3,(H2,8,9). The van der Waals surface area contributed by atoms with Crippen LogP contribution in [-0.4, -0.2) is 18.6 Å². The van der Waals surface area contributed by atoms with Crippen LogP contribution >= 0.6 is 0 Å². The maximum Gasteiger partial charge on any atom is 0.117 e. The molecule has 0 saturated carbocycles. The van der Waals surface area contributed by atoms with E-state index in [0.717, 1.165) is 0 Å². The van der Waals surface area contributed by atoms with Crippen LogP contribution in [0, 0.1) is 0 Å². The highest BCUT2D eigenvalue weighted by atomic mass is 19.1. The van der Waals surface area contributed by atoms with E-state index in [1.807, 2.05) is 6.92 Å². The van der Waals surface area contributed by atoms with Gasteiger partial charge in [-0.3, -0.25) is 4.99 Å². The quantitative estimate of drug-likeness (QED) is 0.453. The van der Waals surface area contributed by atoms with Gasteiger partial charge in [0.2, 0.25) is 0 Å². The summed E-state index contributed by atoms with van der Waals surface area (Å²) < 4.78 is 12.0. The van der Waals surface area contributed by atoms with E-state index >= 15 is 0 Å². The molecule has 2 N–H and O–H groups in total. The van der Waals surface area contributed by atoms with E-state index < -0.39 is 6.17 Å². The fourth-order valence-corrected chi connectivity index (χ4v) is 0.355. The summed E-state index contributed by atoms with van der Waals surface area (Å²) in [6.45, 7) is 3.55. The average Bonchev–Trinajstić information content (AvgIpc) is 1.83. The van der Waals surface area contributed by atoms with Gasteiger partial charge >= 0.3 is 0 Å². The van der Waals surface area contributed by atoms with Crippen LogP contribution in [0.3, 0.4) is 0 Å². The molecule has 9 heavy (non-hydrogen) atoms. The number of alkyl halides is 1. The van der Waals surface area contributed by atoms with Gasteiger partial charge in [-0.1, -0.05) is 6.92 Å². The summed E-state index contributed by atoms with van der Waals surface area (Å²) >= 11 is 0. The lowest BCUT2D eigenvalue weighted by Crippen LogP contribution is -2.12. The number of hydrogen-bond donors (Lipinski definition) is 1. The van der Waals surface area contributed by atoms with Gasteiger partial charge in [-0.05, 0) is 6.92 Å². The molecule has 0 aliphatic rings. The molecule has 3 heteroatoms. The molecule has 1 atom stereocenters. The van der Waals surface area contributed by atoms with E-state index in [-0.39, 0.29) is 6.54 Å². The second kappa shape index (κ2) is 4.30. The molecule has 0 aromatic heterocycles. The van der Waals surface area contributed by atoms with E-state index in [9.17, 15) is 4.39 Å². The Labute approximate surface area is 55.0 Å². The van der Waals surface area contributed by atoms with Gasteiger partial charge < -0.3 is 5.73 Å². The van der Waals surface area contributed by atoms with Crippen molar-refractivity contribution in [2.45, 2.75) is 26.4 Å². The van der Waals surface area contributed by atoms with Gasteiger partial charge in [0.1, 0.15) is 6.17 Å². The van der Waals surface area contributed by atoms with Crippen LogP contribution < -0.4 is 5.73 Å². The second-order valence-corrected chi connectivity index (χ2v) is 1.97. The Morgan fingerprint density at radius 1 is 1.78 bits per heavy atom. The number of rotatable bonds is 3. The second-order valence-electron chi connectivity index (χ2n) is 1.97. The highest BCUT2D eigenvalue weighted by molar-refractivity contribution is 5.79. The van der Waals surface area contributed by atoms with Crippen LogP contribution in [0.25, 0.3) is 0 Å². The zero-order chi connectivity index (χ0) is 7.28. The van der Waals surface area contributed by atoms with Crippen LogP contribution in [0.5, 0.6) is 0 Å². The Kier molecular flexibility index (Phi) is 4.01. The normalized spacial score (nSPS) is 15.7. The number of nitrogens with zero attached hydrogens (tertiary/aromatic N) is 1. The summed E-state index contributed by atoms with van der Waals surface area (Å²) in [4.78, 5) is 3.76. The molecule has 0 aromatic carbocycles. The Morgan fingerprint density at radius 3 is 2.67 bits per heavy atom. The predicted molar refractivity (Wildman–Crippen MR) is 37.4 cm³/mol. The predicted octanol–water partition coefficient (Wildman–Crippen LogP) is 1.11. The first-order valence-corrected chi connectivity index (χ1v) is 3.09. The molecule has 0 fully saturated rings. The van der Waals surface area contributed by atoms with Gasteiger partial charge in [-0.15, -0.1) is 0 Å².